The molecule has 0 fully saturated rings. The number of alkyl halides is 9. The Morgan fingerprint density at radius 2 is 1.04 bits per heavy atom. The van der Waals surface area contributed by atoms with Crippen LogP contribution in [0.4, 0.5) is 61.4 Å². The standard InChI is InChI=1S/C16H16ClF3N2O5S.C9H5ClF3NO.C8H7ClF3N.C7H11NO4S/c1-8-4-10(17)6-11(16(18,19)20)13(8)21-14(23)22-28(25,26)12-5-9(7-27-12)15(2,3)24;1-5-2-6(10)3-7(9(11,12)13)8(5)14-4-15;1-4-2-5(9)3-6(7(4)13)8(10,11)12;1-7(2,9)5-3-6(12-4-5)13(8,10)11/h4-7,24H,1-3H3,(H2,21,22,23);2-3H,1H3;2-3H,13H2,1H3;3-4,9H,1-2H3,(H2,8,10,11). The second kappa shape index (κ2) is 22.2. The number of nitrogens with two attached hydrogens (primary N) is 2. The van der Waals surface area contributed by atoms with Crippen LogP contribution in [-0.2, 0) is 54.6 Å². The summed E-state index contributed by atoms with van der Waals surface area (Å²) in [4.78, 5) is 25.1. The predicted molar refractivity (Wildman–Crippen MR) is 234 cm³/mol. The van der Waals surface area contributed by atoms with E-state index < -0.39 is 89.0 Å². The number of halogens is 12. The molecule has 5 aromatic rings. The van der Waals surface area contributed by atoms with Crippen LogP contribution in [0.15, 0.2) is 85.1 Å². The zero-order valence-electron chi connectivity index (χ0n) is 36.4. The number of carbonyl (C=O) groups excluding carboxylic acids is 2. The predicted octanol–water partition coefficient (Wildman–Crippen LogP) is 11.0. The Labute approximate surface area is 402 Å². The van der Waals surface area contributed by atoms with Crippen LogP contribution in [0.1, 0.15) is 72.2 Å². The summed E-state index contributed by atoms with van der Waals surface area (Å²) in [5.41, 5.74) is -0.769. The molecule has 69 heavy (non-hydrogen) atoms. The fourth-order valence-electron chi connectivity index (χ4n) is 5.14. The molecule has 8 N–H and O–H groups in total. The highest BCUT2D eigenvalue weighted by Crippen LogP contribution is 2.41. The highest BCUT2D eigenvalue weighted by molar-refractivity contribution is 7.90. The fourth-order valence-corrected chi connectivity index (χ4v) is 7.29. The third-order valence-corrected chi connectivity index (χ3v) is 11.2. The van der Waals surface area contributed by atoms with E-state index in [1.165, 1.54) is 79.0 Å². The maximum absolute atomic E-state index is 13.2. The van der Waals surface area contributed by atoms with Crippen LogP contribution < -0.4 is 20.9 Å². The largest absolute Gasteiger partial charge is 0.451 e. The lowest BCUT2D eigenvalue weighted by Crippen LogP contribution is -2.35. The van der Waals surface area contributed by atoms with Gasteiger partial charge in [-0.2, -0.15) is 52.9 Å². The third-order valence-electron chi connectivity index (χ3n) is 8.57. The summed E-state index contributed by atoms with van der Waals surface area (Å²) in [6.45, 7) is 9.95. The third kappa shape index (κ3) is 17.6. The number of anilines is 2. The Bertz CT molecular complexity index is 2940. The monoisotopic (exact) mass is 1090 g/mol. The van der Waals surface area contributed by atoms with Gasteiger partial charge in [-0.05, 0) is 102 Å². The molecule has 0 unspecified atom stereocenters. The molecule has 2 aromatic heterocycles. The molecule has 0 aliphatic rings. The minimum atomic E-state index is -4.83. The van der Waals surface area contributed by atoms with E-state index in [1.54, 1.807) is 4.72 Å². The van der Waals surface area contributed by atoms with Crippen LogP contribution in [-0.4, -0.2) is 39.2 Å². The van der Waals surface area contributed by atoms with E-state index in [0.717, 1.165) is 30.5 Å². The summed E-state index contributed by atoms with van der Waals surface area (Å²) in [7, 11) is -8.36. The molecule has 2 amide bonds. The van der Waals surface area contributed by atoms with E-state index in [9.17, 15) is 76.2 Å². The van der Waals surface area contributed by atoms with Gasteiger partial charge in [0.2, 0.25) is 16.3 Å². The summed E-state index contributed by atoms with van der Waals surface area (Å²) in [6, 6.07) is 6.80. The molecule has 2 heterocycles. The minimum absolute atomic E-state index is 0.0188. The molecule has 0 spiro atoms. The lowest BCUT2D eigenvalue weighted by molar-refractivity contribution is -0.137. The van der Waals surface area contributed by atoms with Crippen molar-refractivity contribution in [3.63, 3.8) is 0 Å². The summed E-state index contributed by atoms with van der Waals surface area (Å²) in [6.07, 6.45) is -10.6. The van der Waals surface area contributed by atoms with Crippen molar-refractivity contribution in [1.29, 1.82) is 0 Å². The number of sulfonamides is 2. The Morgan fingerprint density at radius 1 is 0.652 bits per heavy atom. The SMILES string of the molecule is CC(C)(O)c1coc(S(N)(=O)=O)c1.Cc1cc(Cl)cc(C(F)(F)F)c1N.Cc1cc(Cl)cc(C(F)(F)F)c1N=C=O.Cc1cc(Cl)cc(C(F)(F)F)c1NC(=O)NS(=O)(=O)c1cc(C(C)(C)O)co1. The number of primary sulfonamides is 1. The van der Waals surface area contributed by atoms with Crippen LogP contribution in [0.2, 0.25) is 15.1 Å². The number of nitrogen functional groups attached to an aromatic ring is 1. The molecule has 3 aromatic carbocycles. The molecular formula is C40H39Cl3F9N5O10S2. The van der Waals surface area contributed by atoms with Crippen molar-refractivity contribution in [2.45, 2.75) is 88.4 Å². The van der Waals surface area contributed by atoms with Crippen molar-refractivity contribution >= 4 is 84.0 Å². The van der Waals surface area contributed by atoms with Gasteiger partial charge < -0.3 is 30.1 Å². The van der Waals surface area contributed by atoms with Gasteiger partial charge in [-0.15, -0.1) is 0 Å². The lowest BCUT2D eigenvalue weighted by atomic mass is 10.0. The van der Waals surface area contributed by atoms with Crippen molar-refractivity contribution in [1.82, 2.24) is 4.72 Å². The van der Waals surface area contributed by atoms with Gasteiger partial charge in [0.25, 0.3) is 20.0 Å². The van der Waals surface area contributed by atoms with Gasteiger partial charge in [-0.1, -0.05) is 34.8 Å². The number of rotatable bonds is 7. The number of hydrogen-bond acceptors (Lipinski definition) is 12. The van der Waals surface area contributed by atoms with Crippen LogP contribution in [0.3, 0.4) is 0 Å². The van der Waals surface area contributed by atoms with Crippen molar-refractivity contribution < 1.29 is 85.0 Å². The van der Waals surface area contributed by atoms with Gasteiger partial charge in [-0.3, -0.25) is 0 Å². The van der Waals surface area contributed by atoms with Crippen molar-refractivity contribution in [2.24, 2.45) is 10.1 Å². The molecule has 15 nitrogen and oxygen atoms in total. The molecule has 0 aliphatic heterocycles. The molecule has 0 bridgehead atoms. The first-order chi connectivity index (χ1) is 31.0. The van der Waals surface area contributed by atoms with Gasteiger partial charge in [0.05, 0.1) is 51.8 Å². The molecule has 29 heteroatoms. The normalized spacial score (nSPS) is 12.3. The minimum Gasteiger partial charge on any atom is -0.451 e. The number of nitrogens with one attached hydrogen (secondary N) is 2. The second-order valence-corrected chi connectivity index (χ2v) is 19.6. The smallest absolute Gasteiger partial charge is 0.418 e. The topological polar surface area (TPSA) is 258 Å². The van der Waals surface area contributed by atoms with Gasteiger partial charge in [0.1, 0.15) is 0 Å². The number of hydrogen-bond donors (Lipinski definition) is 6. The lowest BCUT2D eigenvalue weighted by Gasteiger charge is -2.17. The number of nitrogens with zero attached hydrogens (tertiary/aromatic N) is 1. The van der Waals surface area contributed by atoms with Gasteiger partial charge >= 0.3 is 24.6 Å². The van der Waals surface area contributed by atoms with Crippen molar-refractivity contribution in [3.8, 4) is 0 Å². The maximum atomic E-state index is 13.2. The Morgan fingerprint density at radius 3 is 1.43 bits per heavy atom. The average molecular weight is 1090 g/mol. The Kier molecular flexibility index (Phi) is 19.2. The molecule has 380 valence electrons. The summed E-state index contributed by atoms with van der Waals surface area (Å²) in [5, 5.41) is 24.8. The first-order valence-electron chi connectivity index (χ1n) is 18.4. The van der Waals surface area contributed by atoms with Crippen molar-refractivity contribution in [2.75, 3.05) is 11.1 Å². The highest BCUT2D eigenvalue weighted by Gasteiger charge is 2.37. The zero-order chi connectivity index (χ0) is 53.6. The molecule has 0 saturated carbocycles. The molecular weight excluding hydrogens is 1050 g/mol. The molecule has 0 aliphatic carbocycles. The number of aryl methyl sites for hydroxylation is 3. The number of benzene rings is 3. The average Bonchev–Trinajstić information content (AvgIpc) is 3.87. The van der Waals surface area contributed by atoms with Crippen LogP contribution in [0.5, 0.6) is 0 Å². The van der Waals surface area contributed by atoms with Crippen LogP contribution in [0, 0.1) is 20.8 Å². The van der Waals surface area contributed by atoms with E-state index in [4.69, 9.17) is 50.1 Å². The van der Waals surface area contributed by atoms with Crippen LogP contribution >= 0.6 is 34.8 Å². The Hall–Kier alpha value is -5.31. The first kappa shape index (κ1) is 59.8. The zero-order valence-corrected chi connectivity index (χ0v) is 40.3. The number of furan rings is 2. The van der Waals surface area contributed by atoms with E-state index in [1.807, 2.05) is 5.32 Å². The number of isocyanates is 1. The van der Waals surface area contributed by atoms with Crippen LogP contribution in [0.25, 0.3) is 0 Å². The molecule has 0 saturated heterocycles. The van der Waals surface area contributed by atoms with Gasteiger partial charge in [-0.25, -0.2) is 27.9 Å². The summed E-state index contributed by atoms with van der Waals surface area (Å²) >= 11 is 16.6. The second-order valence-electron chi connectivity index (χ2n) is 15.2. The number of aliphatic imine (C=N–C) groups is 1. The summed E-state index contributed by atoms with van der Waals surface area (Å²) < 4.78 is 171. The summed E-state index contributed by atoms with van der Waals surface area (Å²) in [5.74, 6) is 0. The van der Waals surface area contributed by atoms with Gasteiger partial charge in [0, 0.05) is 44.0 Å². The van der Waals surface area contributed by atoms with E-state index >= 15 is 0 Å². The van der Waals surface area contributed by atoms with E-state index in [-0.39, 0.29) is 42.5 Å². The van der Waals surface area contributed by atoms with E-state index in [2.05, 4.69) is 9.41 Å². The number of aliphatic hydroxyl groups is 2. The molecule has 0 radical (unpaired) electrons. The van der Waals surface area contributed by atoms with Gasteiger partial charge in [0.15, 0.2) is 0 Å². The number of urea groups is 1. The Balaban J connectivity index is 0.000000338. The van der Waals surface area contributed by atoms with Crippen molar-refractivity contribution in [3.05, 3.63) is 121 Å². The molecule has 0 atom stereocenters. The number of carbonyl (C=O) groups is 1. The first-order valence-corrected chi connectivity index (χ1v) is 22.6. The molecule has 5 rings (SSSR count). The fraction of sp³-hybridized carbons (Fsp3) is 0.300. The highest BCUT2D eigenvalue weighted by atomic mass is 35.5. The maximum Gasteiger partial charge on any atom is 0.418 e. The number of amides is 2. The quantitative estimate of drug-likeness (QED) is 0.0386. The van der Waals surface area contributed by atoms with E-state index in [0.29, 0.717) is 17.2 Å².